The van der Waals surface area contributed by atoms with Crippen LogP contribution in [0.2, 0.25) is 0 Å². The molecule has 2 aromatic carbocycles. The number of ether oxygens (including phenoxy) is 1. The van der Waals surface area contributed by atoms with E-state index in [1.807, 2.05) is 19.1 Å². The third-order valence-electron chi connectivity index (χ3n) is 5.50. The SMILES string of the molecule is CCC(C)(C)c1ccc(OCCCC(=O)Nc2nc(-c3ccc(F)cc3)c(C)s2)cc1. The van der Waals surface area contributed by atoms with Gasteiger partial charge >= 0.3 is 0 Å². The molecule has 0 radical (unpaired) electrons. The first-order valence-electron chi connectivity index (χ1n) is 10.5. The molecule has 0 fully saturated rings. The quantitative estimate of drug-likeness (QED) is 0.375. The van der Waals surface area contributed by atoms with E-state index in [9.17, 15) is 9.18 Å². The second kappa shape index (κ2) is 10.1. The van der Waals surface area contributed by atoms with Crippen molar-refractivity contribution in [2.24, 2.45) is 0 Å². The molecule has 0 aliphatic carbocycles. The van der Waals surface area contributed by atoms with Gasteiger partial charge in [-0.3, -0.25) is 4.79 Å². The predicted octanol–water partition coefficient (Wildman–Crippen LogP) is 6.74. The number of nitrogens with one attached hydrogen (secondary N) is 1. The van der Waals surface area contributed by atoms with Gasteiger partial charge in [-0.1, -0.05) is 32.9 Å². The van der Waals surface area contributed by atoms with Crippen LogP contribution in [0, 0.1) is 12.7 Å². The maximum absolute atomic E-state index is 13.1. The lowest BCUT2D eigenvalue weighted by molar-refractivity contribution is -0.116. The number of aromatic nitrogens is 1. The third kappa shape index (κ3) is 6.14. The van der Waals surface area contributed by atoms with Crippen LogP contribution < -0.4 is 10.1 Å². The number of benzene rings is 2. The highest BCUT2D eigenvalue weighted by Crippen LogP contribution is 2.31. The van der Waals surface area contributed by atoms with Crippen molar-refractivity contribution in [3.63, 3.8) is 0 Å². The van der Waals surface area contributed by atoms with E-state index in [2.05, 4.69) is 43.2 Å². The third-order valence-corrected chi connectivity index (χ3v) is 6.38. The first-order valence-corrected chi connectivity index (χ1v) is 11.4. The molecule has 1 amide bonds. The number of amides is 1. The summed E-state index contributed by atoms with van der Waals surface area (Å²) in [6.07, 6.45) is 2.04. The van der Waals surface area contributed by atoms with Crippen molar-refractivity contribution in [1.29, 1.82) is 0 Å². The van der Waals surface area contributed by atoms with Crippen LogP contribution in [0.5, 0.6) is 5.75 Å². The Morgan fingerprint density at radius 1 is 1.13 bits per heavy atom. The molecule has 0 aliphatic rings. The number of hydrogen-bond acceptors (Lipinski definition) is 4. The molecule has 6 heteroatoms. The Kier molecular flexibility index (Phi) is 7.44. The predicted molar refractivity (Wildman–Crippen MR) is 125 cm³/mol. The number of carbonyl (C=O) groups excluding carboxylic acids is 1. The van der Waals surface area contributed by atoms with Gasteiger partial charge in [0.15, 0.2) is 5.13 Å². The molecule has 1 aromatic heterocycles. The van der Waals surface area contributed by atoms with Gasteiger partial charge in [-0.15, -0.1) is 11.3 Å². The summed E-state index contributed by atoms with van der Waals surface area (Å²) >= 11 is 1.41. The van der Waals surface area contributed by atoms with Gasteiger partial charge in [0.2, 0.25) is 5.91 Å². The van der Waals surface area contributed by atoms with Crippen molar-refractivity contribution in [3.8, 4) is 17.0 Å². The Morgan fingerprint density at radius 2 is 1.81 bits per heavy atom. The summed E-state index contributed by atoms with van der Waals surface area (Å²) in [5.74, 6) is 0.437. The van der Waals surface area contributed by atoms with E-state index < -0.39 is 0 Å². The fourth-order valence-corrected chi connectivity index (χ4v) is 3.99. The Labute approximate surface area is 187 Å². The van der Waals surface area contributed by atoms with E-state index in [1.54, 1.807) is 12.1 Å². The Balaban J connectivity index is 1.46. The summed E-state index contributed by atoms with van der Waals surface area (Å²) in [4.78, 5) is 17.7. The van der Waals surface area contributed by atoms with Crippen LogP contribution in [-0.4, -0.2) is 17.5 Å². The molecule has 0 unspecified atom stereocenters. The lowest BCUT2D eigenvalue weighted by Gasteiger charge is -2.23. The summed E-state index contributed by atoms with van der Waals surface area (Å²) in [6, 6.07) is 14.4. The van der Waals surface area contributed by atoms with Crippen LogP contribution in [-0.2, 0) is 10.2 Å². The van der Waals surface area contributed by atoms with E-state index in [-0.39, 0.29) is 17.1 Å². The number of hydrogen-bond donors (Lipinski definition) is 1. The Morgan fingerprint density at radius 3 is 2.45 bits per heavy atom. The minimum Gasteiger partial charge on any atom is -0.494 e. The maximum atomic E-state index is 13.1. The molecule has 31 heavy (non-hydrogen) atoms. The van der Waals surface area contributed by atoms with Gasteiger partial charge in [0.05, 0.1) is 12.3 Å². The largest absolute Gasteiger partial charge is 0.494 e. The molecule has 3 aromatic rings. The lowest BCUT2D eigenvalue weighted by atomic mass is 9.82. The summed E-state index contributed by atoms with van der Waals surface area (Å²) < 4.78 is 18.9. The topological polar surface area (TPSA) is 51.2 Å². The van der Waals surface area contributed by atoms with E-state index in [0.29, 0.717) is 24.6 Å². The first-order chi connectivity index (χ1) is 14.8. The van der Waals surface area contributed by atoms with E-state index in [1.165, 1.54) is 29.0 Å². The molecular weight excluding hydrogens is 411 g/mol. The van der Waals surface area contributed by atoms with E-state index in [4.69, 9.17) is 4.74 Å². The molecule has 0 saturated heterocycles. The standard InChI is InChI=1S/C25H29FN2O2S/c1-5-25(3,4)19-10-14-21(15-11-19)30-16-6-7-22(29)27-24-28-23(17(2)31-24)18-8-12-20(26)13-9-18/h8-15H,5-7,16H2,1-4H3,(H,27,28,29). The minimum atomic E-state index is -0.284. The van der Waals surface area contributed by atoms with Gasteiger partial charge in [-0.25, -0.2) is 9.37 Å². The van der Waals surface area contributed by atoms with Crippen LogP contribution in [0.15, 0.2) is 48.5 Å². The number of anilines is 1. The van der Waals surface area contributed by atoms with Crippen molar-refractivity contribution >= 4 is 22.4 Å². The summed E-state index contributed by atoms with van der Waals surface area (Å²) in [5, 5.41) is 3.40. The zero-order valence-corrected chi connectivity index (χ0v) is 19.3. The molecular formula is C25H29FN2O2S. The molecule has 0 spiro atoms. The van der Waals surface area contributed by atoms with E-state index >= 15 is 0 Å². The highest BCUT2D eigenvalue weighted by molar-refractivity contribution is 7.16. The monoisotopic (exact) mass is 440 g/mol. The van der Waals surface area contributed by atoms with Gasteiger partial charge in [0.25, 0.3) is 0 Å². The molecule has 164 valence electrons. The van der Waals surface area contributed by atoms with Gasteiger partial charge in [-0.2, -0.15) is 0 Å². The van der Waals surface area contributed by atoms with Gasteiger partial charge in [0.1, 0.15) is 11.6 Å². The number of rotatable bonds is 9. The van der Waals surface area contributed by atoms with Crippen molar-refractivity contribution < 1.29 is 13.9 Å². The van der Waals surface area contributed by atoms with Crippen LogP contribution in [0.25, 0.3) is 11.3 Å². The van der Waals surface area contributed by atoms with Crippen LogP contribution in [0.3, 0.4) is 0 Å². The smallest absolute Gasteiger partial charge is 0.226 e. The molecule has 3 rings (SSSR count). The van der Waals surface area contributed by atoms with Gasteiger partial charge < -0.3 is 10.1 Å². The van der Waals surface area contributed by atoms with Crippen molar-refractivity contribution in [2.75, 3.05) is 11.9 Å². The first kappa shape index (κ1) is 22.9. The average molecular weight is 441 g/mol. The lowest BCUT2D eigenvalue weighted by Crippen LogP contribution is -2.15. The number of aryl methyl sites for hydroxylation is 1. The second-order valence-electron chi connectivity index (χ2n) is 8.19. The zero-order valence-electron chi connectivity index (χ0n) is 18.5. The number of thiazole rings is 1. The van der Waals surface area contributed by atoms with E-state index in [0.717, 1.165) is 28.3 Å². The van der Waals surface area contributed by atoms with Crippen molar-refractivity contribution in [3.05, 3.63) is 64.8 Å². The molecule has 0 aliphatic heterocycles. The van der Waals surface area contributed by atoms with Crippen molar-refractivity contribution in [2.45, 2.75) is 52.4 Å². The Hall–Kier alpha value is -2.73. The molecule has 4 nitrogen and oxygen atoms in total. The zero-order chi connectivity index (χ0) is 22.4. The molecule has 1 heterocycles. The molecule has 0 bridgehead atoms. The van der Waals surface area contributed by atoms with Gasteiger partial charge in [-0.05, 0) is 67.1 Å². The molecule has 1 N–H and O–H groups in total. The number of halogens is 1. The fraction of sp³-hybridized carbons (Fsp3) is 0.360. The van der Waals surface area contributed by atoms with Crippen LogP contribution >= 0.6 is 11.3 Å². The van der Waals surface area contributed by atoms with Gasteiger partial charge in [0, 0.05) is 16.9 Å². The van der Waals surface area contributed by atoms with Crippen LogP contribution in [0.1, 0.15) is 50.5 Å². The second-order valence-corrected chi connectivity index (χ2v) is 9.40. The molecule has 0 saturated carbocycles. The Bertz CT molecular complexity index is 1010. The summed E-state index contributed by atoms with van der Waals surface area (Å²) in [6.45, 7) is 9.06. The minimum absolute atomic E-state index is 0.0944. The van der Waals surface area contributed by atoms with Crippen molar-refractivity contribution in [1.82, 2.24) is 4.98 Å². The van der Waals surface area contributed by atoms with Crippen LogP contribution in [0.4, 0.5) is 9.52 Å². The fourth-order valence-electron chi connectivity index (χ4n) is 3.14. The number of carbonyl (C=O) groups is 1. The number of nitrogens with zero attached hydrogens (tertiary/aromatic N) is 1. The highest BCUT2D eigenvalue weighted by Gasteiger charge is 2.17. The maximum Gasteiger partial charge on any atom is 0.226 e. The average Bonchev–Trinajstić information content (AvgIpc) is 3.12. The summed E-state index contributed by atoms with van der Waals surface area (Å²) in [7, 11) is 0. The highest BCUT2D eigenvalue weighted by atomic mass is 32.1. The normalized spacial score (nSPS) is 11.4. The summed E-state index contributed by atoms with van der Waals surface area (Å²) in [5.41, 5.74) is 3.04. The molecule has 0 atom stereocenters.